The quantitative estimate of drug-likeness (QED) is 0.942. The van der Waals surface area contributed by atoms with Crippen LogP contribution in [0, 0.1) is 0 Å². The van der Waals surface area contributed by atoms with Gasteiger partial charge < -0.3 is 14.7 Å². The lowest BCUT2D eigenvalue weighted by molar-refractivity contribution is 0.0689. The van der Waals surface area contributed by atoms with E-state index in [1.54, 1.807) is 11.0 Å². The van der Waals surface area contributed by atoms with Gasteiger partial charge in [-0.05, 0) is 23.6 Å². The molecule has 0 radical (unpaired) electrons. The summed E-state index contributed by atoms with van der Waals surface area (Å²) in [7, 11) is 0. The molecule has 2 heterocycles. The Morgan fingerprint density at radius 1 is 1.17 bits per heavy atom. The highest BCUT2D eigenvalue weighted by atomic mass is 16.6. The maximum absolute atomic E-state index is 12.2. The maximum Gasteiger partial charge on any atom is 0.410 e. The molecular weight excluding hydrogens is 296 g/mol. The Morgan fingerprint density at radius 2 is 1.96 bits per heavy atom. The van der Waals surface area contributed by atoms with Crippen LogP contribution >= 0.6 is 0 Å². The number of aromatic carboxylic acids is 1. The van der Waals surface area contributed by atoms with Gasteiger partial charge in [0.2, 0.25) is 0 Å². The molecule has 6 nitrogen and oxygen atoms in total. The summed E-state index contributed by atoms with van der Waals surface area (Å²) in [4.78, 5) is 28.8. The molecule has 1 N–H and O–H groups in total. The van der Waals surface area contributed by atoms with Crippen LogP contribution in [0.1, 0.15) is 27.3 Å². The second kappa shape index (κ2) is 6.48. The van der Waals surface area contributed by atoms with Crippen molar-refractivity contribution in [3.63, 3.8) is 0 Å². The van der Waals surface area contributed by atoms with Crippen LogP contribution in [0.4, 0.5) is 4.79 Å². The number of carboxylic acids is 1. The summed E-state index contributed by atoms with van der Waals surface area (Å²) in [6, 6.07) is 12.7. The highest BCUT2D eigenvalue weighted by Crippen LogP contribution is 2.18. The van der Waals surface area contributed by atoms with E-state index in [4.69, 9.17) is 9.84 Å². The number of hydrogen-bond acceptors (Lipinski definition) is 4. The number of aromatic nitrogens is 1. The minimum absolute atomic E-state index is 0.0109. The molecule has 1 aliphatic rings. The molecule has 0 unspecified atom stereocenters. The number of benzene rings is 1. The van der Waals surface area contributed by atoms with E-state index in [1.165, 1.54) is 6.07 Å². The van der Waals surface area contributed by atoms with Crippen LogP contribution in [0.25, 0.3) is 0 Å². The molecule has 23 heavy (non-hydrogen) atoms. The van der Waals surface area contributed by atoms with E-state index in [1.807, 2.05) is 30.3 Å². The Labute approximate surface area is 133 Å². The zero-order chi connectivity index (χ0) is 16.2. The summed E-state index contributed by atoms with van der Waals surface area (Å²) in [5, 5.41) is 9.00. The highest BCUT2D eigenvalue weighted by Gasteiger charge is 2.23. The molecule has 0 aliphatic carbocycles. The average molecular weight is 312 g/mol. The second-order valence-electron chi connectivity index (χ2n) is 5.32. The van der Waals surface area contributed by atoms with Crippen molar-refractivity contribution in [2.45, 2.75) is 19.6 Å². The van der Waals surface area contributed by atoms with E-state index in [2.05, 4.69) is 4.98 Å². The van der Waals surface area contributed by atoms with Gasteiger partial charge in [-0.15, -0.1) is 0 Å². The van der Waals surface area contributed by atoms with E-state index in [0.717, 1.165) is 11.1 Å². The van der Waals surface area contributed by atoms with Gasteiger partial charge in [-0.2, -0.15) is 0 Å². The predicted molar refractivity (Wildman–Crippen MR) is 81.9 cm³/mol. The van der Waals surface area contributed by atoms with Crippen LogP contribution < -0.4 is 0 Å². The molecule has 118 valence electrons. The van der Waals surface area contributed by atoms with Gasteiger partial charge in [0.05, 0.1) is 12.2 Å². The summed E-state index contributed by atoms with van der Waals surface area (Å²) in [6.45, 7) is 1.02. The first kappa shape index (κ1) is 15.0. The maximum atomic E-state index is 12.2. The summed E-state index contributed by atoms with van der Waals surface area (Å²) in [5.74, 6) is -1.07. The molecule has 0 fully saturated rings. The zero-order valence-electron chi connectivity index (χ0n) is 12.4. The molecule has 6 heteroatoms. The third-order valence-corrected chi connectivity index (χ3v) is 3.74. The molecule has 0 saturated carbocycles. The smallest absolute Gasteiger partial charge is 0.410 e. The lowest BCUT2D eigenvalue weighted by Crippen LogP contribution is -2.37. The molecule has 1 aliphatic heterocycles. The Balaban J connectivity index is 1.65. The van der Waals surface area contributed by atoms with Crippen molar-refractivity contribution in [1.82, 2.24) is 9.88 Å². The van der Waals surface area contributed by atoms with Gasteiger partial charge in [0.1, 0.15) is 12.3 Å². The molecule has 1 aromatic heterocycles. The molecule has 0 bridgehead atoms. The van der Waals surface area contributed by atoms with Gasteiger partial charge in [0.15, 0.2) is 0 Å². The van der Waals surface area contributed by atoms with Gasteiger partial charge in [-0.25, -0.2) is 14.6 Å². The number of pyridine rings is 1. The lowest BCUT2D eigenvalue weighted by Gasteiger charge is -2.27. The molecule has 3 rings (SSSR count). The normalized spacial score (nSPS) is 13.3. The van der Waals surface area contributed by atoms with Crippen molar-refractivity contribution >= 4 is 12.1 Å². The number of amides is 1. The fourth-order valence-electron chi connectivity index (χ4n) is 2.50. The Kier molecular flexibility index (Phi) is 4.23. The first-order valence-electron chi connectivity index (χ1n) is 7.31. The van der Waals surface area contributed by atoms with E-state index in [0.29, 0.717) is 18.7 Å². The molecule has 1 aromatic carbocycles. The third-order valence-electron chi connectivity index (χ3n) is 3.74. The topological polar surface area (TPSA) is 79.7 Å². The van der Waals surface area contributed by atoms with Gasteiger partial charge >= 0.3 is 12.1 Å². The number of carboxylic acid groups (broad SMARTS) is 1. The highest BCUT2D eigenvalue weighted by molar-refractivity contribution is 5.85. The van der Waals surface area contributed by atoms with Crippen LogP contribution in [0.5, 0.6) is 0 Å². The first-order chi connectivity index (χ1) is 11.1. The molecule has 0 atom stereocenters. The number of rotatable bonds is 3. The summed E-state index contributed by atoms with van der Waals surface area (Å²) in [5.41, 5.74) is 2.50. The van der Waals surface area contributed by atoms with Crippen molar-refractivity contribution < 1.29 is 19.4 Å². The monoisotopic (exact) mass is 312 g/mol. The number of carbonyl (C=O) groups is 2. The zero-order valence-corrected chi connectivity index (χ0v) is 12.4. The van der Waals surface area contributed by atoms with E-state index >= 15 is 0 Å². The van der Waals surface area contributed by atoms with Crippen LogP contribution in [0.3, 0.4) is 0 Å². The largest absolute Gasteiger partial charge is 0.477 e. The molecule has 0 saturated heterocycles. The van der Waals surface area contributed by atoms with Crippen molar-refractivity contribution in [1.29, 1.82) is 0 Å². The fourth-order valence-corrected chi connectivity index (χ4v) is 2.50. The number of hydrogen-bond donors (Lipinski definition) is 1. The number of carbonyl (C=O) groups excluding carboxylic acids is 1. The van der Waals surface area contributed by atoms with Gasteiger partial charge in [-0.3, -0.25) is 0 Å². The van der Waals surface area contributed by atoms with Crippen molar-refractivity contribution in [2.24, 2.45) is 0 Å². The van der Waals surface area contributed by atoms with Gasteiger partial charge in [-0.1, -0.05) is 36.4 Å². The number of fused-ring (bicyclic) bond motifs is 1. The SMILES string of the molecule is O=C(O)c1ccc2c(n1)CN(C(=O)OCc1ccccc1)CC2. The van der Waals surface area contributed by atoms with Crippen LogP contribution in [0.15, 0.2) is 42.5 Å². The molecule has 0 spiro atoms. The minimum atomic E-state index is -1.07. The Hall–Kier alpha value is -2.89. The number of ether oxygens (including phenoxy) is 1. The minimum Gasteiger partial charge on any atom is -0.477 e. The second-order valence-corrected chi connectivity index (χ2v) is 5.32. The Morgan fingerprint density at radius 3 is 2.70 bits per heavy atom. The van der Waals surface area contributed by atoms with Gasteiger partial charge in [0.25, 0.3) is 0 Å². The van der Waals surface area contributed by atoms with Crippen molar-refractivity contribution in [2.75, 3.05) is 6.54 Å². The van der Waals surface area contributed by atoms with Gasteiger partial charge in [0, 0.05) is 6.54 Å². The summed E-state index contributed by atoms with van der Waals surface area (Å²) >= 11 is 0. The molecule has 2 aromatic rings. The van der Waals surface area contributed by atoms with Crippen LogP contribution in [0.2, 0.25) is 0 Å². The van der Waals surface area contributed by atoms with E-state index in [-0.39, 0.29) is 18.8 Å². The fraction of sp³-hybridized carbons (Fsp3) is 0.235. The first-order valence-corrected chi connectivity index (χ1v) is 7.31. The summed E-state index contributed by atoms with van der Waals surface area (Å²) in [6.07, 6.45) is 0.227. The predicted octanol–water partition coefficient (Wildman–Crippen LogP) is 2.47. The van der Waals surface area contributed by atoms with E-state index in [9.17, 15) is 9.59 Å². The Bertz CT molecular complexity index is 731. The molecule has 1 amide bonds. The lowest BCUT2D eigenvalue weighted by atomic mass is 10.0. The third kappa shape index (κ3) is 3.48. The van der Waals surface area contributed by atoms with Crippen LogP contribution in [-0.2, 0) is 24.3 Å². The number of nitrogens with zero attached hydrogens (tertiary/aromatic N) is 2. The van der Waals surface area contributed by atoms with Crippen LogP contribution in [-0.4, -0.2) is 33.6 Å². The van der Waals surface area contributed by atoms with Crippen molar-refractivity contribution in [3.8, 4) is 0 Å². The van der Waals surface area contributed by atoms with Crippen molar-refractivity contribution in [3.05, 3.63) is 65.0 Å². The average Bonchev–Trinajstić information content (AvgIpc) is 2.59. The summed E-state index contributed by atoms with van der Waals surface area (Å²) < 4.78 is 5.30. The molecular formula is C17H16N2O4. The van der Waals surface area contributed by atoms with E-state index < -0.39 is 12.1 Å². The standard InChI is InChI=1S/C17H16N2O4/c20-16(21)14-7-6-13-8-9-19(10-15(13)18-14)17(22)23-11-12-4-2-1-3-5-12/h1-7H,8-11H2,(H,20,21).